The van der Waals surface area contributed by atoms with E-state index >= 15 is 0 Å². The predicted molar refractivity (Wildman–Crippen MR) is 55.5 cm³/mol. The van der Waals surface area contributed by atoms with Crippen LogP contribution in [0.25, 0.3) is 0 Å². The molecule has 0 bridgehead atoms. The van der Waals surface area contributed by atoms with Gasteiger partial charge < -0.3 is 5.11 Å². The summed E-state index contributed by atoms with van der Waals surface area (Å²) in [6, 6.07) is 8.89. The zero-order valence-corrected chi connectivity index (χ0v) is 8.90. The molecule has 1 rings (SSSR count). The van der Waals surface area contributed by atoms with Gasteiger partial charge in [-0.05, 0) is 24.1 Å². The molecule has 0 saturated carbocycles. The standard InChI is InChI=1S/C10H16OSi/c1-12(2)8-7-9-3-5-10(11)6-4-9/h3-6,11-12H,7-8H2,1-2H3. The lowest BCUT2D eigenvalue weighted by Gasteiger charge is -2.02. The fourth-order valence-electron chi connectivity index (χ4n) is 1.12. The topological polar surface area (TPSA) is 20.2 Å². The quantitative estimate of drug-likeness (QED) is 0.708. The predicted octanol–water partition coefficient (Wildman–Crippen LogP) is 2.42. The van der Waals surface area contributed by atoms with Gasteiger partial charge >= 0.3 is 0 Å². The number of phenolic OH excluding ortho intramolecular Hbond substituents is 1. The van der Waals surface area contributed by atoms with Crippen LogP contribution in [0.15, 0.2) is 24.3 Å². The lowest BCUT2D eigenvalue weighted by atomic mass is 10.2. The molecule has 0 unspecified atom stereocenters. The maximum atomic E-state index is 9.04. The first-order valence-electron chi connectivity index (χ1n) is 4.46. The molecule has 0 aromatic heterocycles. The van der Waals surface area contributed by atoms with Gasteiger partial charge in [0.1, 0.15) is 5.75 Å². The van der Waals surface area contributed by atoms with Crippen LogP contribution >= 0.6 is 0 Å². The Labute approximate surface area is 75.7 Å². The van der Waals surface area contributed by atoms with E-state index in [4.69, 9.17) is 5.11 Å². The molecule has 1 N–H and O–H groups in total. The molecule has 0 radical (unpaired) electrons. The Balaban J connectivity index is 2.48. The molecule has 66 valence electrons. The minimum atomic E-state index is -0.415. The normalized spacial score (nSPS) is 10.6. The molecule has 0 fully saturated rings. The molecule has 1 nitrogen and oxygen atoms in total. The molecule has 0 aliphatic carbocycles. The molecule has 0 amide bonds. The van der Waals surface area contributed by atoms with Gasteiger partial charge in [0, 0.05) is 8.80 Å². The van der Waals surface area contributed by atoms with E-state index < -0.39 is 8.80 Å². The van der Waals surface area contributed by atoms with E-state index in [1.165, 1.54) is 18.0 Å². The Morgan fingerprint density at radius 3 is 2.25 bits per heavy atom. The van der Waals surface area contributed by atoms with E-state index in [0.29, 0.717) is 5.75 Å². The number of hydrogen-bond acceptors (Lipinski definition) is 1. The van der Waals surface area contributed by atoms with Crippen LogP contribution in [0.1, 0.15) is 5.56 Å². The number of phenols is 1. The molecule has 12 heavy (non-hydrogen) atoms. The minimum Gasteiger partial charge on any atom is -0.508 e. The first kappa shape index (κ1) is 9.33. The lowest BCUT2D eigenvalue weighted by Crippen LogP contribution is -2.00. The Hall–Kier alpha value is -0.763. The van der Waals surface area contributed by atoms with E-state index in [9.17, 15) is 0 Å². The number of aryl methyl sites for hydroxylation is 1. The van der Waals surface area contributed by atoms with Crippen molar-refractivity contribution in [2.75, 3.05) is 0 Å². The molecule has 0 heterocycles. The van der Waals surface area contributed by atoms with Crippen LogP contribution in [0.2, 0.25) is 19.1 Å². The number of aromatic hydroxyl groups is 1. The Morgan fingerprint density at radius 2 is 1.75 bits per heavy atom. The molecule has 0 aliphatic heterocycles. The van der Waals surface area contributed by atoms with Crippen LogP contribution in [-0.2, 0) is 6.42 Å². The van der Waals surface area contributed by atoms with Gasteiger partial charge in [-0.2, -0.15) is 0 Å². The van der Waals surface area contributed by atoms with Gasteiger partial charge in [-0.3, -0.25) is 0 Å². The van der Waals surface area contributed by atoms with E-state index in [1.807, 2.05) is 12.1 Å². The van der Waals surface area contributed by atoms with E-state index in [0.717, 1.165) is 0 Å². The van der Waals surface area contributed by atoms with Crippen LogP contribution in [0.3, 0.4) is 0 Å². The minimum absolute atomic E-state index is 0.362. The van der Waals surface area contributed by atoms with Gasteiger partial charge in [-0.15, -0.1) is 0 Å². The Morgan fingerprint density at radius 1 is 1.17 bits per heavy atom. The number of rotatable bonds is 3. The molecular formula is C10H16OSi. The van der Waals surface area contributed by atoms with Crippen LogP contribution in [0.4, 0.5) is 0 Å². The second kappa shape index (κ2) is 4.31. The highest BCUT2D eigenvalue weighted by atomic mass is 28.3. The largest absolute Gasteiger partial charge is 0.508 e. The van der Waals surface area contributed by atoms with Crippen LogP contribution in [0.5, 0.6) is 5.75 Å². The Bertz CT molecular complexity index is 228. The number of benzene rings is 1. The highest BCUT2D eigenvalue weighted by Gasteiger charge is 1.97. The molecule has 1 aromatic carbocycles. The highest BCUT2D eigenvalue weighted by molar-refractivity contribution is 6.55. The first-order valence-corrected chi connectivity index (χ1v) is 7.59. The van der Waals surface area contributed by atoms with Crippen molar-refractivity contribution >= 4 is 8.80 Å². The fraction of sp³-hybridized carbons (Fsp3) is 0.400. The lowest BCUT2D eigenvalue weighted by molar-refractivity contribution is 0.475. The van der Waals surface area contributed by atoms with Gasteiger partial charge in [0.25, 0.3) is 0 Å². The van der Waals surface area contributed by atoms with Gasteiger partial charge in [-0.25, -0.2) is 0 Å². The van der Waals surface area contributed by atoms with Crippen molar-refractivity contribution in [1.82, 2.24) is 0 Å². The third-order valence-electron chi connectivity index (χ3n) is 1.95. The van der Waals surface area contributed by atoms with Crippen molar-refractivity contribution < 1.29 is 5.11 Å². The van der Waals surface area contributed by atoms with E-state index in [1.54, 1.807) is 12.1 Å². The van der Waals surface area contributed by atoms with E-state index in [2.05, 4.69) is 13.1 Å². The maximum absolute atomic E-state index is 9.04. The van der Waals surface area contributed by atoms with Crippen LogP contribution < -0.4 is 0 Å². The summed E-state index contributed by atoms with van der Waals surface area (Å²) in [4.78, 5) is 0. The SMILES string of the molecule is C[SiH](C)CCc1ccc(O)cc1. The van der Waals surface area contributed by atoms with Gasteiger partial charge in [-0.1, -0.05) is 31.3 Å². The van der Waals surface area contributed by atoms with Crippen molar-refractivity contribution in [3.63, 3.8) is 0 Å². The second-order valence-corrected chi connectivity index (χ2v) is 6.96. The van der Waals surface area contributed by atoms with Crippen LogP contribution in [0, 0.1) is 0 Å². The summed E-state index contributed by atoms with van der Waals surface area (Å²) in [5, 5.41) is 9.04. The summed E-state index contributed by atoms with van der Waals surface area (Å²) in [5.41, 5.74) is 1.34. The summed E-state index contributed by atoms with van der Waals surface area (Å²) in [7, 11) is -0.415. The third-order valence-corrected chi connectivity index (χ3v) is 3.39. The third kappa shape index (κ3) is 3.09. The smallest absolute Gasteiger partial charge is 0.115 e. The van der Waals surface area contributed by atoms with Gasteiger partial charge in [0.2, 0.25) is 0 Å². The van der Waals surface area contributed by atoms with Crippen molar-refractivity contribution in [2.24, 2.45) is 0 Å². The summed E-state index contributed by atoms with van der Waals surface area (Å²) >= 11 is 0. The summed E-state index contributed by atoms with van der Waals surface area (Å²) in [6.07, 6.45) is 1.17. The summed E-state index contributed by atoms with van der Waals surface area (Å²) in [6.45, 7) is 4.72. The number of hydrogen-bond donors (Lipinski definition) is 1. The van der Waals surface area contributed by atoms with Crippen molar-refractivity contribution in [3.05, 3.63) is 29.8 Å². The molecular weight excluding hydrogens is 164 g/mol. The maximum Gasteiger partial charge on any atom is 0.115 e. The molecule has 0 spiro atoms. The van der Waals surface area contributed by atoms with Crippen molar-refractivity contribution in [2.45, 2.75) is 25.6 Å². The monoisotopic (exact) mass is 180 g/mol. The van der Waals surface area contributed by atoms with E-state index in [-0.39, 0.29) is 0 Å². The van der Waals surface area contributed by atoms with Crippen LogP contribution in [-0.4, -0.2) is 13.9 Å². The average molecular weight is 180 g/mol. The fourth-order valence-corrected chi connectivity index (χ4v) is 2.03. The zero-order chi connectivity index (χ0) is 8.97. The van der Waals surface area contributed by atoms with Gasteiger partial charge in [0.15, 0.2) is 0 Å². The zero-order valence-electron chi connectivity index (χ0n) is 7.75. The second-order valence-electron chi connectivity index (χ2n) is 3.60. The molecule has 0 aliphatic rings. The highest BCUT2D eigenvalue weighted by Crippen LogP contribution is 2.11. The molecule has 2 heteroatoms. The Kier molecular flexibility index (Phi) is 3.35. The van der Waals surface area contributed by atoms with Crippen molar-refractivity contribution in [3.8, 4) is 5.75 Å². The summed E-state index contributed by atoms with van der Waals surface area (Å²) in [5.74, 6) is 0.362. The summed E-state index contributed by atoms with van der Waals surface area (Å²) < 4.78 is 0. The average Bonchev–Trinajstić information content (AvgIpc) is 2.03. The first-order chi connectivity index (χ1) is 5.68. The molecule has 1 aromatic rings. The molecule has 0 atom stereocenters. The van der Waals surface area contributed by atoms with Crippen molar-refractivity contribution in [1.29, 1.82) is 0 Å². The van der Waals surface area contributed by atoms with Gasteiger partial charge in [0.05, 0.1) is 0 Å². The molecule has 0 saturated heterocycles.